The van der Waals surface area contributed by atoms with E-state index in [2.05, 4.69) is 15.5 Å². The summed E-state index contributed by atoms with van der Waals surface area (Å²) in [5, 5.41) is 5.03. The smallest absolute Gasteiger partial charge is 0.266 e. The molecule has 0 unspecified atom stereocenters. The van der Waals surface area contributed by atoms with Crippen LogP contribution in [-0.2, 0) is 4.79 Å². The number of amides is 1. The van der Waals surface area contributed by atoms with Crippen molar-refractivity contribution in [2.75, 3.05) is 5.75 Å². The summed E-state index contributed by atoms with van der Waals surface area (Å²) in [5.74, 6) is 0.318. The standard InChI is InChI=1S/C23H20N4O3S/c1-15-8-3-6-11-19(15)27-22(29)17-9-4-5-10-18(17)24-23(27)31-14-21(28)26-25-16(2)20-12-7-13-30-20/h3-13H,14H2,1-2H3,(H,26,28)/b25-16-. The van der Waals surface area contributed by atoms with Crippen LogP contribution in [0.15, 0.2) is 86.4 Å². The summed E-state index contributed by atoms with van der Waals surface area (Å²) in [6.07, 6.45) is 1.54. The summed E-state index contributed by atoms with van der Waals surface area (Å²) >= 11 is 1.18. The predicted octanol–water partition coefficient (Wildman–Crippen LogP) is 3.92. The number of nitrogens with zero attached hydrogens (tertiary/aromatic N) is 3. The van der Waals surface area contributed by atoms with E-state index >= 15 is 0 Å². The summed E-state index contributed by atoms with van der Waals surface area (Å²) in [6, 6.07) is 18.3. The van der Waals surface area contributed by atoms with Crippen molar-refractivity contribution >= 4 is 34.3 Å². The number of carbonyl (C=O) groups excluding carboxylic acids is 1. The predicted molar refractivity (Wildman–Crippen MR) is 122 cm³/mol. The molecule has 7 nitrogen and oxygen atoms in total. The van der Waals surface area contributed by atoms with Gasteiger partial charge in [-0.3, -0.25) is 14.2 Å². The minimum absolute atomic E-state index is 0.0472. The van der Waals surface area contributed by atoms with E-state index in [9.17, 15) is 9.59 Å². The number of hydrogen-bond acceptors (Lipinski definition) is 6. The van der Waals surface area contributed by atoms with Crippen LogP contribution in [0.1, 0.15) is 18.2 Å². The molecule has 0 aliphatic heterocycles. The van der Waals surface area contributed by atoms with Crippen molar-refractivity contribution < 1.29 is 9.21 Å². The van der Waals surface area contributed by atoms with Crippen LogP contribution in [0.2, 0.25) is 0 Å². The highest BCUT2D eigenvalue weighted by Gasteiger charge is 2.16. The number of carbonyl (C=O) groups is 1. The molecule has 0 fully saturated rings. The maximum absolute atomic E-state index is 13.3. The molecule has 0 spiro atoms. The molecule has 31 heavy (non-hydrogen) atoms. The Morgan fingerprint density at radius 1 is 1.13 bits per heavy atom. The molecule has 0 radical (unpaired) electrons. The van der Waals surface area contributed by atoms with Gasteiger partial charge in [-0.25, -0.2) is 10.4 Å². The Morgan fingerprint density at radius 3 is 2.68 bits per heavy atom. The van der Waals surface area contributed by atoms with Gasteiger partial charge in [-0.1, -0.05) is 42.1 Å². The lowest BCUT2D eigenvalue weighted by atomic mass is 10.2. The molecule has 0 saturated carbocycles. The van der Waals surface area contributed by atoms with E-state index in [1.807, 2.05) is 43.3 Å². The SMILES string of the molecule is C/C(=N/NC(=O)CSc1nc2ccccc2c(=O)n1-c1ccccc1C)c1ccco1. The monoisotopic (exact) mass is 432 g/mol. The second kappa shape index (κ2) is 9.01. The molecule has 8 heteroatoms. The lowest BCUT2D eigenvalue weighted by Gasteiger charge is -2.14. The van der Waals surface area contributed by atoms with Crippen molar-refractivity contribution in [3.63, 3.8) is 0 Å². The van der Waals surface area contributed by atoms with Gasteiger partial charge in [0.15, 0.2) is 5.16 Å². The highest BCUT2D eigenvalue weighted by Crippen LogP contribution is 2.23. The number of furan rings is 1. The number of benzene rings is 2. The van der Waals surface area contributed by atoms with Crippen molar-refractivity contribution in [2.24, 2.45) is 5.10 Å². The van der Waals surface area contributed by atoms with E-state index in [0.717, 1.165) is 11.3 Å². The first-order valence-electron chi connectivity index (χ1n) is 9.62. The topological polar surface area (TPSA) is 89.5 Å². The number of hydrazone groups is 1. The fourth-order valence-corrected chi connectivity index (χ4v) is 3.88. The number of aryl methyl sites for hydroxylation is 1. The van der Waals surface area contributed by atoms with Crippen LogP contribution >= 0.6 is 11.8 Å². The normalized spacial score (nSPS) is 11.6. The van der Waals surface area contributed by atoms with E-state index in [1.165, 1.54) is 11.8 Å². The molecule has 0 aliphatic carbocycles. The Hall–Kier alpha value is -3.65. The molecular weight excluding hydrogens is 412 g/mol. The second-order valence-electron chi connectivity index (χ2n) is 6.84. The Balaban J connectivity index is 1.63. The van der Waals surface area contributed by atoms with E-state index in [-0.39, 0.29) is 17.2 Å². The molecule has 1 amide bonds. The van der Waals surface area contributed by atoms with Gasteiger partial charge in [-0.2, -0.15) is 5.10 Å². The quantitative estimate of drug-likeness (QED) is 0.216. The van der Waals surface area contributed by atoms with Gasteiger partial charge in [0.25, 0.3) is 11.5 Å². The number of aromatic nitrogens is 2. The molecule has 2 aromatic heterocycles. The van der Waals surface area contributed by atoms with E-state index in [4.69, 9.17) is 4.42 Å². The second-order valence-corrected chi connectivity index (χ2v) is 7.78. The molecule has 2 aromatic carbocycles. The minimum atomic E-state index is -0.311. The number of para-hydroxylation sites is 2. The molecule has 4 aromatic rings. The van der Waals surface area contributed by atoms with Gasteiger partial charge in [0.2, 0.25) is 0 Å². The molecule has 4 rings (SSSR count). The third kappa shape index (κ3) is 4.44. The summed E-state index contributed by atoms with van der Waals surface area (Å²) in [4.78, 5) is 30.3. The Bertz CT molecular complexity index is 1330. The van der Waals surface area contributed by atoms with Crippen LogP contribution < -0.4 is 11.0 Å². The van der Waals surface area contributed by atoms with Gasteiger partial charge in [0.1, 0.15) is 11.5 Å². The third-order valence-electron chi connectivity index (χ3n) is 4.66. The summed E-state index contributed by atoms with van der Waals surface area (Å²) in [6.45, 7) is 3.68. The number of thioether (sulfide) groups is 1. The largest absolute Gasteiger partial charge is 0.463 e. The summed E-state index contributed by atoms with van der Waals surface area (Å²) < 4.78 is 6.81. The number of hydrogen-bond donors (Lipinski definition) is 1. The van der Waals surface area contributed by atoms with Gasteiger partial charge >= 0.3 is 0 Å². The van der Waals surface area contributed by atoms with E-state index < -0.39 is 0 Å². The van der Waals surface area contributed by atoms with E-state index in [1.54, 1.807) is 42.0 Å². The average Bonchev–Trinajstić information content (AvgIpc) is 3.32. The van der Waals surface area contributed by atoms with Crippen LogP contribution in [-0.4, -0.2) is 26.9 Å². The Labute approximate surface area is 182 Å². The van der Waals surface area contributed by atoms with Crippen LogP contribution in [0.25, 0.3) is 16.6 Å². The Kier molecular flexibility index (Phi) is 5.99. The first kappa shape index (κ1) is 20.6. The maximum atomic E-state index is 13.3. The van der Waals surface area contributed by atoms with Gasteiger partial charge in [0, 0.05) is 0 Å². The average molecular weight is 433 g/mol. The van der Waals surface area contributed by atoms with Gasteiger partial charge in [-0.05, 0) is 49.7 Å². The lowest BCUT2D eigenvalue weighted by Crippen LogP contribution is -2.25. The van der Waals surface area contributed by atoms with Crippen LogP contribution in [0, 0.1) is 6.92 Å². The van der Waals surface area contributed by atoms with Crippen LogP contribution in [0.4, 0.5) is 0 Å². The first-order chi connectivity index (χ1) is 15.0. The number of nitrogens with one attached hydrogen (secondary N) is 1. The van der Waals surface area contributed by atoms with Gasteiger partial charge < -0.3 is 4.42 Å². The highest BCUT2D eigenvalue weighted by molar-refractivity contribution is 7.99. The third-order valence-corrected chi connectivity index (χ3v) is 5.60. The number of fused-ring (bicyclic) bond motifs is 1. The summed E-state index contributed by atoms with van der Waals surface area (Å²) in [5.41, 5.74) is 5.17. The molecule has 156 valence electrons. The van der Waals surface area contributed by atoms with Crippen molar-refractivity contribution in [3.8, 4) is 5.69 Å². The lowest BCUT2D eigenvalue weighted by molar-refractivity contribution is -0.118. The molecule has 1 N–H and O–H groups in total. The van der Waals surface area contributed by atoms with Gasteiger partial charge in [-0.15, -0.1) is 0 Å². The van der Waals surface area contributed by atoms with Crippen molar-refractivity contribution in [1.29, 1.82) is 0 Å². The molecule has 0 bridgehead atoms. The molecular formula is C23H20N4O3S. The molecule has 0 aliphatic rings. The van der Waals surface area contributed by atoms with Crippen molar-refractivity contribution in [1.82, 2.24) is 15.0 Å². The van der Waals surface area contributed by atoms with Crippen molar-refractivity contribution in [2.45, 2.75) is 19.0 Å². The fraction of sp³-hybridized carbons (Fsp3) is 0.130. The highest BCUT2D eigenvalue weighted by atomic mass is 32.2. The van der Waals surface area contributed by atoms with Gasteiger partial charge in [0.05, 0.1) is 28.6 Å². The first-order valence-corrected chi connectivity index (χ1v) is 10.6. The zero-order chi connectivity index (χ0) is 21.8. The van der Waals surface area contributed by atoms with Crippen LogP contribution in [0.3, 0.4) is 0 Å². The summed E-state index contributed by atoms with van der Waals surface area (Å²) in [7, 11) is 0. The molecule has 0 saturated heterocycles. The minimum Gasteiger partial charge on any atom is -0.463 e. The van der Waals surface area contributed by atoms with Crippen molar-refractivity contribution in [3.05, 3.63) is 88.6 Å². The zero-order valence-corrected chi connectivity index (χ0v) is 17.8. The zero-order valence-electron chi connectivity index (χ0n) is 17.0. The Morgan fingerprint density at radius 2 is 1.90 bits per heavy atom. The fourth-order valence-electron chi connectivity index (χ4n) is 3.08. The molecule has 2 heterocycles. The maximum Gasteiger partial charge on any atom is 0.266 e. The van der Waals surface area contributed by atoms with E-state index in [0.29, 0.717) is 27.5 Å². The molecule has 0 atom stereocenters. The number of rotatable bonds is 6. The van der Waals surface area contributed by atoms with Crippen LogP contribution in [0.5, 0.6) is 0 Å².